The molecule has 0 aromatic carbocycles. The topological polar surface area (TPSA) is 55.4 Å². The summed E-state index contributed by atoms with van der Waals surface area (Å²) in [7, 11) is 0. The van der Waals surface area contributed by atoms with Gasteiger partial charge < -0.3 is 10.1 Å². The third-order valence-electron chi connectivity index (χ3n) is 2.95. The molecule has 1 amide bonds. The van der Waals surface area contributed by atoms with E-state index < -0.39 is 11.7 Å². The van der Waals surface area contributed by atoms with Crippen LogP contribution in [0.4, 0.5) is 4.79 Å². The van der Waals surface area contributed by atoms with Crippen molar-refractivity contribution in [1.29, 1.82) is 0 Å². The maximum Gasteiger partial charge on any atom is 0.407 e. The lowest BCUT2D eigenvalue weighted by atomic mass is 9.74. The van der Waals surface area contributed by atoms with Crippen LogP contribution < -0.4 is 5.32 Å². The minimum absolute atomic E-state index is 0.0394. The second-order valence-corrected chi connectivity index (χ2v) is 6.39. The summed E-state index contributed by atoms with van der Waals surface area (Å²) < 4.78 is 5.20. The van der Waals surface area contributed by atoms with E-state index >= 15 is 0 Å². The van der Waals surface area contributed by atoms with Gasteiger partial charge in [-0.25, -0.2) is 4.79 Å². The third kappa shape index (κ3) is 4.36. The van der Waals surface area contributed by atoms with E-state index in [0.717, 1.165) is 0 Å². The van der Waals surface area contributed by atoms with Crippen molar-refractivity contribution in [2.24, 2.45) is 5.41 Å². The van der Waals surface area contributed by atoms with E-state index in [2.05, 4.69) is 5.32 Å². The molecule has 4 heteroatoms. The normalized spacial score (nSPS) is 24.3. The number of ketones is 1. The molecule has 1 atom stereocenters. The number of hydrogen-bond donors (Lipinski definition) is 1. The van der Waals surface area contributed by atoms with Crippen LogP contribution in [-0.2, 0) is 9.53 Å². The molecule has 1 unspecified atom stereocenters. The Balaban J connectivity index is 2.49. The molecule has 1 saturated carbocycles. The lowest BCUT2D eigenvalue weighted by Crippen LogP contribution is -2.45. The molecule has 0 spiro atoms. The highest BCUT2D eigenvalue weighted by Gasteiger charge is 2.36. The molecule has 0 heterocycles. The highest BCUT2D eigenvalue weighted by Crippen LogP contribution is 2.32. The number of Topliss-reactive ketones (excluding diaryl/α,β-unsaturated/α-hetero) is 1. The first kappa shape index (κ1) is 14.0. The van der Waals surface area contributed by atoms with Gasteiger partial charge in [-0.2, -0.15) is 0 Å². The fraction of sp³-hybridized carbons (Fsp3) is 0.846. The predicted molar refractivity (Wildman–Crippen MR) is 65.8 cm³/mol. The van der Waals surface area contributed by atoms with Crippen LogP contribution in [0.1, 0.15) is 53.9 Å². The molecule has 4 nitrogen and oxygen atoms in total. The Hall–Kier alpha value is -1.06. The van der Waals surface area contributed by atoms with Crippen molar-refractivity contribution in [1.82, 2.24) is 5.32 Å². The van der Waals surface area contributed by atoms with Crippen molar-refractivity contribution >= 4 is 11.9 Å². The van der Waals surface area contributed by atoms with Crippen LogP contribution in [0.25, 0.3) is 0 Å². The average molecular weight is 241 g/mol. The SMILES string of the molecule is CC(C)(C)OC(=O)NC1CCC(=O)C(C)(C)C1. The summed E-state index contributed by atoms with van der Waals surface area (Å²) in [5, 5.41) is 2.84. The van der Waals surface area contributed by atoms with Crippen LogP contribution in [0.3, 0.4) is 0 Å². The highest BCUT2D eigenvalue weighted by atomic mass is 16.6. The first-order chi connectivity index (χ1) is 7.60. The summed E-state index contributed by atoms with van der Waals surface area (Å²) in [6.07, 6.45) is 1.53. The molecule has 0 bridgehead atoms. The molecule has 17 heavy (non-hydrogen) atoms. The van der Waals surface area contributed by atoms with Crippen LogP contribution in [0.2, 0.25) is 0 Å². The molecule has 1 aliphatic carbocycles. The smallest absolute Gasteiger partial charge is 0.407 e. The number of carbonyl (C=O) groups excluding carboxylic acids is 2. The molecule has 1 fully saturated rings. The quantitative estimate of drug-likeness (QED) is 0.768. The van der Waals surface area contributed by atoms with Gasteiger partial charge in [0.2, 0.25) is 0 Å². The van der Waals surface area contributed by atoms with Crippen LogP contribution >= 0.6 is 0 Å². The summed E-state index contributed by atoms with van der Waals surface area (Å²) in [4.78, 5) is 23.2. The van der Waals surface area contributed by atoms with Crippen molar-refractivity contribution in [2.45, 2.75) is 65.5 Å². The lowest BCUT2D eigenvalue weighted by molar-refractivity contribution is -0.130. The number of nitrogens with one attached hydrogen (secondary N) is 1. The van der Waals surface area contributed by atoms with Crippen LogP contribution in [-0.4, -0.2) is 23.5 Å². The molecule has 0 aromatic heterocycles. The fourth-order valence-corrected chi connectivity index (χ4v) is 2.07. The first-order valence-electron chi connectivity index (χ1n) is 6.13. The van der Waals surface area contributed by atoms with Gasteiger partial charge in [0.05, 0.1) is 0 Å². The van der Waals surface area contributed by atoms with Crippen molar-refractivity contribution in [3.05, 3.63) is 0 Å². The van der Waals surface area contributed by atoms with Crippen molar-refractivity contribution in [3.8, 4) is 0 Å². The number of amides is 1. The minimum atomic E-state index is -0.482. The molecule has 0 aliphatic heterocycles. The number of carbonyl (C=O) groups is 2. The molecular formula is C13H23NO3. The highest BCUT2D eigenvalue weighted by molar-refractivity contribution is 5.85. The summed E-state index contributed by atoms with van der Waals surface area (Å²) in [5.41, 5.74) is -0.817. The maximum absolute atomic E-state index is 11.6. The molecule has 0 saturated heterocycles. The predicted octanol–water partition coefficient (Wildman–Crippen LogP) is 2.66. The number of alkyl carbamates (subject to hydrolysis) is 1. The van der Waals surface area contributed by atoms with Gasteiger partial charge in [-0.05, 0) is 33.6 Å². The maximum atomic E-state index is 11.6. The fourth-order valence-electron chi connectivity index (χ4n) is 2.07. The largest absolute Gasteiger partial charge is 0.444 e. The third-order valence-corrected chi connectivity index (χ3v) is 2.95. The van der Waals surface area contributed by atoms with E-state index in [-0.39, 0.29) is 17.2 Å². The van der Waals surface area contributed by atoms with Crippen LogP contribution in [0.15, 0.2) is 0 Å². The molecular weight excluding hydrogens is 218 g/mol. The summed E-state index contributed by atoms with van der Waals surface area (Å²) >= 11 is 0. The van der Waals surface area contributed by atoms with E-state index in [0.29, 0.717) is 19.3 Å². The Labute approximate surface area is 103 Å². The Morgan fingerprint density at radius 1 is 1.41 bits per heavy atom. The Morgan fingerprint density at radius 3 is 2.47 bits per heavy atom. The number of hydrogen-bond acceptors (Lipinski definition) is 3. The van der Waals surface area contributed by atoms with E-state index in [4.69, 9.17) is 4.74 Å². The zero-order valence-electron chi connectivity index (χ0n) is 11.4. The van der Waals surface area contributed by atoms with Crippen molar-refractivity contribution in [3.63, 3.8) is 0 Å². The first-order valence-corrected chi connectivity index (χ1v) is 6.13. The zero-order chi connectivity index (χ0) is 13.3. The van der Waals surface area contributed by atoms with E-state index in [1.54, 1.807) is 0 Å². The lowest BCUT2D eigenvalue weighted by Gasteiger charge is -2.34. The van der Waals surface area contributed by atoms with Gasteiger partial charge in [-0.3, -0.25) is 4.79 Å². The summed E-state index contributed by atoms with van der Waals surface area (Å²) in [6, 6.07) is 0.0394. The standard InChI is InChI=1S/C13H23NO3/c1-12(2,3)17-11(16)14-9-6-7-10(15)13(4,5)8-9/h9H,6-8H2,1-5H3,(H,14,16). The molecule has 1 N–H and O–H groups in total. The molecule has 0 radical (unpaired) electrons. The Morgan fingerprint density at radius 2 is 2.00 bits per heavy atom. The monoisotopic (exact) mass is 241 g/mol. The molecule has 1 aliphatic rings. The van der Waals surface area contributed by atoms with E-state index in [1.165, 1.54) is 0 Å². The average Bonchev–Trinajstić information content (AvgIpc) is 2.07. The summed E-state index contributed by atoms with van der Waals surface area (Å²) in [6.45, 7) is 9.36. The van der Waals surface area contributed by atoms with Gasteiger partial charge >= 0.3 is 6.09 Å². The second-order valence-electron chi connectivity index (χ2n) is 6.39. The Bertz CT molecular complexity index is 315. The molecule has 1 rings (SSSR count). The van der Waals surface area contributed by atoms with Gasteiger partial charge in [0.25, 0.3) is 0 Å². The van der Waals surface area contributed by atoms with Gasteiger partial charge in [0.1, 0.15) is 11.4 Å². The minimum Gasteiger partial charge on any atom is -0.444 e. The Kier molecular flexibility index (Phi) is 3.84. The van der Waals surface area contributed by atoms with E-state index in [9.17, 15) is 9.59 Å². The molecule has 98 valence electrons. The van der Waals surface area contributed by atoms with Gasteiger partial charge in [-0.1, -0.05) is 13.8 Å². The number of ether oxygens (including phenoxy) is 1. The van der Waals surface area contributed by atoms with Crippen molar-refractivity contribution < 1.29 is 14.3 Å². The van der Waals surface area contributed by atoms with Crippen LogP contribution in [0, 0.1) is 5.41 Å². The van der Waals surface area contributed by atoms with Crippen LogP contribution in [0.5, 0.6) is 0 Å². The second kappa shape index (κ2) is 4.67. The summed E-state index contributed by atoms with van der Waals surface area (Å²) in [5.74, 6) is 0.278. The van der Waals surface area contributed by atoms with Gasteiger partial charge in [-0.15, -0.1) is 0 Å². The van der Waals surface area contributed by atoms with E-state index in [1.807, 2.05) is 34.6 Å². The van der Waals surface area contributed by atoms with Gasteiger partial charge in [0, 0.05) is 17.9 Å². The molecule has 0 aromatic rings. The number of rotatable bonds is 1. The zero-order valence-corrected chi connectivity index (χ0v) is 11.4. The van der Waals surface area contributed by atoms with Crippen molar-refractivity contribution in [2.75, 3.05) is 0 Å². The van der Waals surface area contributed by atoms with Gasteiger partial charge in [0.15, 0.2) is 0 Å².